The number of piperazine rings is 1. The summed E-state index contributed by atoms with van der Waals surface area (Å²) >= 11 is 0. The average molecular weight is 237 g/mol. The molecule has 17 heavy (non-hydrogen) atoms. The molecule has 1 fully saturated rings. The average Bonchev–Trinajstić information content (AvgIpc) is 2.60. The predicted molar refractivity (Wildman–Crippen MR) is 70.4 cm³/mol. The Hall–Kier alpha value is -1.07. The van der Waals surface area contributed by atoms with Crippen LogP contribution in [0.25, 0.3) is 0 Å². The Kier molecular flexibility index (Phi) is 4.02. The highest BCUT2D eigenvalue weighted by molar-refractivity contribution is 5.45. The van der Waals surface area contributed by atoms with E-state index in [0.29, 0.717) is 0 Å². The van der Waals surface area contributed by atoms with Gasteiger partial charge in [-0.2, -0.15) is 5.10 Å². The molecule has 5 heteroatoms. The molecule has 0 bridgehead atoms. The van der Waals surface area contributed by atoms with Crippen molar-refractivity contribution in [2.45, 2.75) is 6.92 Å². The van der Waals surface area contributed by atoms with Crippen molar-refractivity contribution in [3.8, 4) is 0 Å². The second kappa shape index (κ2) is 5.51. The fraction of sp³-hybridized carbons (Fsp3) is 0.750. The summed E-state index contributed by atoms with van der Waals surface area (Å²) in [5.74, 6) is 0. The number of nitrogens with one attached hydrogen (secondary N) is 1. The number of hydrogen-bond donors (Lipinski definition) is 1. The summed E-state index contributed by atoms with van der Waals surface area (Å²) in [7, 11) is 4.15. The summed E-state index contributed by atoms with van der Waals surface area (Å²) in [6.07, 6.45) is 2.04. The molecule has 0 atom stereocenters. The van der Waals surface area contributed by atoms with Crippen molar-refractivity contribution in [3.05, 3.63) is 11.9 Å². The van der Waals surface area contributed by atoms with E-state index < -0.39 is 0 Å². The minimum atomic E-state index is 0.996. The highest BCUT2D eigenvalue weighted by atomic mass is 15.3. The molecule has 0 unspecified atom stereocenters. The van der Waals surface area contributed by atoms with Crippen LogP contribution in [-0.4, -0.2) is 65.9 Å². The van der Waals surface area contributed by atoms with Crippen LogP contribution in [0.4, 0.5) is 5.69 Å². The molecule has 96 valence electrons. The number of likely N-dealkylation sites (N-methyl/N-ethyl adjacent to an activating group) is 1. The first-order valence-corrected chi connectivity index (χ1v) is 6.30. The van der Waals surface area contributed by atoms with Crippen LogP contribution in [0.15, 0.2) is 6.20 Å². The van der Waals surface area contributed by atoms with Crippen molar-refractivity contribution in [2.24, 2.45) is 7.05 Å². The summed E-state index contributed by atoms with van der Waals surface area (Å²) < 4.78 is 1.85. The van der Waals surface area contributed by atoms with Gasteiger partial charge in [0.05, 0.1) is 11.4 Å². The van der Waals surface area contributed by atoms with Gasteiger partial charge in [0.2, 0.25) is 0 Å². The Morgan fingerprint density at radius 3 is 2.53 bits per heavy atom. The van der Waals surface area contributed by atoms with E-state index in [2.05, 4.69) is 27.3 Å². The van der Waals surface area contributed by atoms with Gasteiger partial charge in [0.15, 0.2) is 0 Å². The highest BCUT2D eigenvalue weighted by Crippen LogP contribution is 2.10. The smallest absolute Gasteiger partial charge is 0.0824 e. The van der Waals surface area contributed by atoms with E-state index in [4.69, 9.17) is 0 Å². The first-order chi connectivity index (χ1) is 8.15. The summed E-state index contributed by atoms with van der Waals surface area (Å²) in [6, 6.07) is 0. The van der Waals surface area contributed by atoms with E-state index in [9.17, 15) is 0 Å². The first kappa shape index (κ1) is 12.4. The van der Waals surface area contributed by atoms with Gasteiger partial charge in [-0.15, -0.1) is 0 Å². The van der Waals surface area contributed by atoms with E-state index in [0.717, 1.165) is 24.5 Å². The van der Waals surface area contributed by atoms with Crippen LogP contribution in [0.1, 0.15) is 5.69 Å². The van der Waals surface area contributed by atoms with E-state index in [-0.39, 0.29) is 0 Å². The van der Waals surface area contributed by atoms with Crippen LogP contribution in [0.2, 0.25) is 0 Å². The molecule has 1 aromatic rings. The van der Waals surface area contributed by atoms with Crippen molar-refractivity contribution >= 4 is 5.69 Å². The van der Waals surface area contributed by atoms with Gasteiger partial charge in [0, 0.05) is 52.5 Å². The Balaban J connectivity index is 1.71. The molecule has 2 heterocycles. The molecule has 0 aliphatic carbocycles. The zero-order valence-corrected chi connectivity index (χ0v) is 11.1. The summed E-state index contributed by atoms with van der Waals surface area (Å²) in [6.45, 7) is 8.89. The van der Waals surface area contributed by atoms with Gasteiger partial charge < -0.3 is 10.2 Å². The van der Waals surface area contributed by atoms with Crippen molar-refractivity contribution in [3.63, 3.8) is 0 Å². The number of aryl methyl sites for hydroxylation is 2. The molecule has 0 saturated carbocycles. The third-order valence-electron chi connectivity index (χ3n) is 3.35. The molecule has 0 amide bonds. The maximum atomic E-state index is 4.32. The molecular weight excluding hydrogens is 214 g/mol. The number of nitrogens with zero attached hydrogens (tertiary/aromatic N) is 4. The Morgan fingerprint density at radius 2 is 1.94 bits per heavy atom. The Morgan fingerprint density at radius 1 is 1.24 bits per heavy atom. The number of aromatic nitrogens is 2. The topological polar surface area (TPSA) is 36.3 Å². The van der Waals surface area contributed by atoms with E-state index >= 15 is 0 Å². The van der Waals surface area contributed by atoms with Crippen molar-refractivity contribution in [2.75, 3.05) is 51.6 Å². The molecular formula is C12H23N5. The molecule has 1 aliphatic heterocycles. The van der Waals surface area contributed by atoms with Crippen LogP contribution in [0.5, 0.6) is 0 Å². The number of rotatable bonds is 4. The number of anilines is 1. The van der Waals surface area contributed by atoms with Gasteiger partial charge in [-0.25, -0.2) is 0 Å². The van der Waals surface area contributed by atoms with Crippen LogP contribution in [-0.2, 0) is 7.05 Å². The normalized spacial score (nSPS) is 18.5. The van der Waals surface area contributed by atoms with Crippen molar-refractivity contribution < 1.29 is 0 Å². The fourth-order valence-electron chi connectivity index (χ4n) is 2.19. The molecule has 1 aliphatic rings. The van der Waals surface area contributed by atoms with E-state index in [1.807, 2.05) is 24.9 Å². The quantitative estimate of drug-likeness (QED) is 0.822. The summed E-state index contributed by atoms with van der Waals surface area (Å²) in [4.78, 5) is 4.90. The molecule has 5 nitrogen and oxygen atoms in total. The van der Waals surface area contributed by atoms with Gasteiger partial charge >= 0.3 is 0 Å². The standard InChI is InChI=1S/C12H23N5/c1-11-12(10-16(3)14-11)13-4-5-17-8-6-15(2)7-9-17/h10,13H,4-9H2,1-3H3. The SMILES string of the molecule is Cc1nn(C)cc1NCCN1CCN(C)CC1. The second-order valence-electron chi connectivity index (χ2n) is 4.87. The largest absolute Gasteiger partial charge is 0.381 e. The predicted octanol–water partition coefficient (Wildman–Crippen LogP) is 0.388. The second-order valence-corrected chi connectivity index (χ2v) is 4.87. The molecule has 1 aromatic heterocycles. The maximum Gasteiger partial charge on any atom is 0.0824 e. The zero-order chi connectivity index (χ0) is 12.3. The lowest BCUT2D eigenvalue weighted by Crippen LogP contribution is -2.45. The van der Waals surface area contributed by atoms with Gasteiger partial charge in [-0.05, 0) is 14.0 Å². The minimum Gasteiger partial charge on any atom is -0.381 e. The Labute approximate surface area is 103 Å². The van der Waals surface area contributed by atoms with Gasteiger partial charge in [0.25, 0.3) is 0 Å². The highest BCUT2D eigenvalue weighted by Gasteiger charge is 2.13. The van der Waals surface area contributed by atoms with Crippen molar-refractivity contribution in [1.82, 2.24) is 19.6 Å². The van der Waals surface area contributed by atoms with Gasteiger partial charge in [-0.3, -0.25) is 9.58 Å². The molecule has 0 aromatic carbocycles. The fourth-order valence-corrected chi connectivity index (χ4v) is 2.19. The van der Waals surface area contributed by atoms with Gasteiger partial charge in [-0.1, -0.05) is 0 Å². The minimum absolute atomic E-state index is 0.996. The maximum absolute atomic E-state index is 4.32. The van der Waals surface area contributed by atoms with Crippen LogP contribution in [0.3, 0.4) is 0 Å². The zero-order valence-electron chi connectivity index (χ0n) is 11.1. The van der Waals surface area contributed by atoms with Crippen molar-refractivity contribution in [1.29, 1.82) is 0 Å². The lowest BCUT2D eigenvalue weighted by Gasteiger charge is -2.32. The first-order valence-electron chi connectivity index (χ1n) is 6.30. The van der Waals surface area contributed by atoms with E-state index in [1.54, 1.807) is 0 Å². The van der Waals surface area contributed by atoms with Crippen LogP contribution >= 0.6 is 0 Å². The lowest BCUT2D eigenvalue weighted by atomic mass is 10.3. The summed E-state index contributed by atoms with van der Waals surface area (Å²) in [5, 5.41) is 7.77. The molecule has 2 rings (SSSR count). The number of hydrogen-bond acceptors (Lipinski definition) is 4. The summed E-state index contributed by atoms with van der Waals surface area (Å²) in [5.41, 5.74) is 2.23. The molecule has 0 spiro atoms. The third-order valence-corrected chi connectivity index (χ3v) is 3.35. The molecule has 1 N–H and O–H groups in total. The van der Waals surface area contributed by atoms with Gasteiger partial charge in [0.1, 0.15) is 0 Å². The van der Waals surface area contributed by atoms with Crippen LogP contribution in [0, 0.1) is 6.92 Å². The molecule has 1 saturated heterocycles. The van der Waals surface area contributed by atoms with E-state index in [1.165, 1.54) is 26.2 Å². The lowest BCUT2D eigenvalue weighted by molar-refractivity contribution is 0.158. The van der Waals surface area contributed by atoms with Crippen LogP contribution < -0.4 is 5.32 Å². The third kappa shape index (κ3) is 3.44. The monoisotopic (exact) mass is 237 g/mol. The molecule has 0 radical (unpaired) electrons. The Bertz CT molecular complexity index is 352.